The van der Waals surface area contributed by atoms with Gasteiger partial charge in [-0.1, -0.05) is 0 Å². The Bertz CT molecular complexity index is 585. The van der Waals surface area contributed by atoms with Crippen LogP contribution in [0.25, 0.3) is 0 Å². The SMILES string of the molecule is O=C(Nc1ccc(OC(F)F)cc1)c1ccc(S)cc1. The highest BCUT2D eigenvalue weighted by Gasteiger charge is 2.07. The number of anilines is 1. The Labute approximate surface area is 120 Å². The number of nitrogens with one attached hydrogen (secondary N) is 1. The van der Waals surface area contributed by atoms with Crippen LogP contribution in [0, 0.1) is 0 Å². The lowest BCUT2D eigenvalue weighted by atomic mass is 10.2. The van der Waals surface area contributed by atoms with Gasteiger partial charge in [0.05, 0.1) is 0 Å². The summed E-state index contributed by atoms with van der Waals surface area (Å²) >= 11 is 4.13. The number of hydrogen-bond donors (Lipinski definition) is 2. The third-order valence-corrected chi connectivity index (χ3v) is 2.76. The molecule has 0 aromatic heterocycles. The van der Waals surface area contributed by atoms with Crippen LogP contribution >= 0.6 is 12.6 Å². The van der Waals surface area contributed by atoms with E-state index in [0.717, 1.165) is 4.90 Å². The molecule has 20 heavy (non-hydrogen) atoms. The molecule has 0 aliphatic rings. The second kappa shape index (κ2) is 6.38. The first-order valence-corrected chi connectivity index (χ1v) is 6.14. The predicted molar refractivity (Wildman–Crippen MR) is 74.7 cm³/mol. The molecule has 0 fully saturated rings. The van der Waals surface area contributed by atoms with Crippen LogP contribution in [0.2, 0.25) is 0 Å². The Balaban J connectivity index is 2.02. The van der Waals surface area contributed by atoms with Crippen molar-refractivity contribution in [1.29, 1.82) is 0 Å². The summed E-state index contributed by atoms with van der Waals surface area (Å²) in [6.07, 6.45) is 0. The van der Waals surface area contributed by atoms with E-state index in [1.54, 1.807) is 24.3 Å². The van der Waals surface area contributed by atoms with Gasteiger partial charge in [-0.05, 0) is 48.5 Å². The van der Waals surface area contributed by atoms with Crippen molar-refractivity contribution < 1.29 is 18.3 Å². The van der Waals surface area contributed by atoms with E-state index in [0.29, 0.717) is 11.3 Å². The summed E-state index contributed by atoms with van der Waals surface area (Å²) in [5.41, 5.74) is 0.974. The van der Waals surface area contributed by atoms with Gasteiger partial charge in [0.15, 0.2) is 0 Å². The van der Waals surface area contributed by atoms with Crippen LogP contribution in [0.3, 0.4) is 0 Å². The summed E-state index contributed by atoms with van der Waals surface area (Å²) in [4.78, 5) is 12.7. The first kappa shape index (κ1) is 14.3. The average Bonchev–Trinajstić information content (AvgIpc) is 2.41. The van der Waals surface area contributed by atoms with Crippen LogP contribution in [-0.2, 0) is 0 Å². The Morgan fingerprint density at radius 2 is 1.65 bits per heavy atom. The zero-order valence-corrected chi connectivity index (χ0v) is 11.1. The van der Waals surface area contributed by atoms with Crippen LogP contribution in [0.4, 0.5) is 14.5 Å². The van der Waals surface area contributed by atoms with Gasteiger partial charge >= 0.3 is 6.61 Å². The fourth-order valence-corrected chi connectivity index (χ4v) is 1.68. The van der Waals surface area contributed by atoms with E-state index < -0.39 is 6.61 Å². The van der Waals surface area contributed by atoms with Gasteiger partial charge in [0.25, 0.3) is 5.91 Å². The molecule has 1 amide bonds. The van der Waals surface area contributed by atoms with Crippen molar-refractivity contribution in [1.82, 2.24) is 0 Å². The number of ether oxygens (including phenoxy) is 1. The molecule has 0 atom stereocenters. The van der Waals surface area contributed by atoms with Crippen molar-refractivity contribution >= 4 is 24.2 Å². The number of hydrogen-bond acceptors (Lipinski definition) is 3. The molecule has 104 valence electrons. The first-order chi connectivity index (χ1) is 9.54. The van der Waals surface area contributed by atoms with Crippen LogP contribution in [0.1, 0.15) is 10.4 Å². The van der Waals surface area contributed by atoms with Crippen molar-refractivity contribution in [3.05, 3.63) is 54.1 Å². The highest BCUT2D eigenvalue weighted by molar-refractivity contribution is 7.80. The van der Waals surface area contributed by atoms with Crippen molar-refractivity contribution in [3.63, 3.8) is 0 Å². The minimum atomic E-state index is -2.87. The zero-order chi connectivity index (χ0) is 14.5. The fraction of sp³-hybridized carbons (Fsp3) is 0.0714. The predicted octanol–water partition coefficient (Wildman–Crippen LogP) is 3.83. The summed E-state index contributed by atoms with van der Waals surface area (Å²) < 4.78 is 28.2. The smallest absolute Gasteiger partial charge is 0.387 e. The normalized spacial score (nSPS) is 10.4. The lowest BCUT2D eigenvalue weighted by molar-refractivity contribution is -0.0498. The van der Waals surface area contributed by atoms with Gasteiger partial charge in [-0.25, -0.2) is 0 Å². The lowest BCUT2D eigenvalue weighted by Crippen LogP contribution is -2.11. The standard InChI is InChI=1S/C14H11F2NO2S/c15-14(16)19-11-5-3-10(4-6-11)17-13(18)9-1-7-12(20)8-2-9/h1-8,14,20H,(H,17,18). The average molecular weight is 295 g/mol. The minimum absolute atomic E-state index is 0.0393. The second-order valence-electron chi connectivity index (χ2n) is 3.90. The van der Waals surface area contributed by atoms with Gasteiger partial charge in [0.1, 0.15) is 5.75 Å². The quantitative estimate of drug-likeness (QED) is 0.841. The molecule has 0 spiro atoms. The van der Waals surface area contributed by atoms with Crippen molar-refractivity contribution in [3.8, 4) is 5.75 Å². The summed E-state index contributed by atoms with van der Waals surface area (Å²) in [6.45, 7) is -2.87. The van der Waals surface area contributed by atoms with Gasteiger partial charge in [-0.2, -0.15) is 8.78 Å². The Morgan fingerprint density at radius 1 is 1.05 bits per heavy atom. The zero-order valence-electron chi connectivity index (χ0n) is 10.2. The molecule has 3 nitrogen and oxygen atoms in total. The van der Waals surface area contributed by atoms with Gasteiger partial charge < -0.3 is 10.1 Å². The third-order valence-electron chi connectivity index (χ3n) is 2.47. The van der Waals surface area contributed by atoms with E-state index in [2.05, 4.69) is 22.7 Å². The lowest BCUT2D eigenvalue weighted by Gasteiger charge is -2.07. The molecule has 0 saturated heterocycles. The maximum Gasteiger partial charge on any atom is 0.387 e. The highest BCUT2D eigenvalue weighted by Crippen LogP contribution is 2.18. The van der Waals surface area contributed by atoms with Crippen molar-refractivity contribution in [2.24, 2.45) is 0 Å². The van der Waals surface area contributed by atoms with Gasteiger partial charge in [0, 0.05) is 16.1 Å². The van der Waals surface area contributed by atoms with Crippen LogP contribution < -0.4 is 10.1 Å². The van der Waals surface area contributed by atoms with E-state index >= 15 is 0 Å². The van der Waals surface area contributed by atoms with E-state index in [9.17, 15) is 13.6 Å². The number of carbonyl (C=O) groups is 1. The summed E-state index contributed by atoms with van der Waals surface area (Å²) in [5, 5.41) is 2.65. The van der Waals surface area contributed by atoms with Crippen molar-refractivity contribution in [2.45, 2.75) is 11.5 Å². The highest BCUT2D eigenvalue weighted by atomic mass is 32.1. The molecule has 0 heterocycles. The van der Waals surface area contributed by atoms with Gasteiger partial charge in [-0.15, -0.1) is 12.6 Å². The van der Waals surface area contributed by atoms with Gasteiger partial charge in [-0.3, -0.25) is 4.79 Å². The topological polar surface area (TPSA) is 38.3 Å². The monoisotopic (exact) mass is 295 g/mol. The molecule has 0 aliphatic heterocycles. The molecule has 2 aromatic carbocycles. The Hall–Kier alpha value is -2.08. The summed E-state index contributed by atoms with van der Waals surface area (Å²) in [6, 6.07) is 12.4. The first-order valence-electron chi connectivity index (χ1n) is 5.70. The molecule has 0 radical (unpaired) electrons. The molecule has 6 heteroatoms. The largest absolute Gasteiger partial charge is 0.435 e. The number of rotatable bonds is 4. The van der Waals surface area contributed by atoms with E-state index in [-0.39, 0.29) is 11.7 Å². The van der Waals surface area contributed by atoms with E-state index in [4.69, 9.17) is 0 Å². The maximum atomic E-state index is 12.0. The molecule has 0 saturated carbocycles. The summed E-state index contributed by atoms with van der Waals surface area (Å²) in [5.74, 6) is -0.252. The minimum Gasteiger partial charge on any atom is -0.435 e. The molecule has 0 bridgehead atoms. The number of thiol groups is 1. The number of amides is 1. The Morgan fingerprint density at radius 3 is 2.20 bits per heavy atom. The molecular formula is C14H11F2NO2S. The molecular weight excluding hydrogens is 284 g/mol. The van der Waals surface area contributed by atoms with Crippen LogP contribution in [-0.4, -0.2) is 12.5 Å². The van der Waals surface area contributed by atoms with E-state index in [1.165, 1.54) is 24.3 Å². The molecule has 1 N–H and O–H groups in total. The number of benzene rings is 2. The molecule has 2 aromatic rings. The summed E-state index contributed by atoms with van der Waals surface area (Å²) in [7, 11) is 0. The van der Waals surface area contributed by atoms with Crippen LogP contribution in [0.5, 0.6) is 5.75 Å². The molecule has 2 rings (SSSR count). The molecule has 0 aliphatic carbocycles. The van der Waals surface area contributed by atoms with Crippen LogP contribution in [0.15, 0.2) is 53.4 Å². The van der Waals surface area contributed by atoms with E-state index in [1.807, 2.05) is 0 Å². The number of carbonyl (C=O) groups excluding carboxylic acids is 1. The van der Waals surface area contributed by atoms with Crippen molar-refractivity contribution in [2.75, 3.05) is 5.32 Å². The molecule has 0 unspecified atom stereocenters. The number of alkyl halides is 2. The fourth-order valence-electron chi connectivity index (χ4n) is 1.54. The number of halogens is 2. The second-order valence-corrected chi connectivity index (χ2v) is 4.42. The third kappa shape index (κ3) is 3.96. The Kier molecular flexibility index (Phi) is 4.57. The maximum absolute atomic E-state index is 12.0. The van der Waals surface area contributed by atoms with Gasteiger partial charge in [0.2, 0.25) is 0 Å².